The maximum Gasteiger partial charge on any atom is 0.266 e. The molecule has 2 heterocycles. The van der Waals surface area contributed by atoms with Crippen molar-refractivity contribution >= 4 is 34.6 Å². The van der Waals surface area contributed by atoms with Gasteiger partial charge in [-0.2, -0.15) is 0 Å². The van der Waals surface area contributed by atoms with Gasteiger partial charge in [-0.25, -0.2) is 4.99 Å². The van der Waals surface area contributed by atoms with Crippen molar-refractivity contribution in [2.24, 2.45) is 4.99 Å². The van der Waals surface area contributed by atoms with E-state index in [9.17, 15) is 9.90 Å². The Kier molecular flexibility index (Phi) is 3.77. The van der Waals surface area contributed by atoms with Crippen LogP contribution in [0.25, 0.3) is 6.08 Å². The number of thioether (sulfide) groups is 1. The van der Waals surface area contributed by atoms with Crippen molar-refractivity contribution in [3.63, 3.8) is 0 Å². The van der Waals surface area contributed by atoms with E-state index in [4.69, 9.17) is 0 Å². The smallest absolute Gasteiger partial charge is 0.266 e. The summed E-state index contributed by atoms with van der Waals surface area (Å²) >= 11 is 1.29. The summed E-state index contributed by atoms with van der Waals surface area (Å²) in [6, 6.07) is 9.03. The fraction of sp³-hybridized carbons (Fsp3) is 0.125. The van der Waals surface area contributed by atoms with Gasteiger partial charge in [-0.15, -0.1) is 0 Å². The van der Waals surface area contributed by atoms with Gasteiger partial charge >= 0.3 is 0 Å². The van der Waals surface area contributed by atoms with Gasteiger partial charge in [0.25, 0.3) is 5.91 Å². The molecule has 6 heteroatoms. The van der Waals surface area contributed by atoms with Gasteiger partial charge in [0.05, 0.1) is 4.91 Å². The van der Waals surface area contributed by atoms with Crippen molar-refractivity contribution in [1.29, 1.82) is 0 Å². The fourth-order valence-electron chi connectivity index (χ4n) is 2.06. The summed E-state index contributed by atoms with van der Waals surface area (Å²) in [4.78, 5) is 21.8. The molecule has 1 aliphatic rings. The molecule has 22 heavy (non-hydrogen) atoms. The maximum absolute atomic E-state index is 12.3. The first-order chi connectivity index (χ1) is 10.5. The van der Waals surface area contributed by atoms with E-state index in [0.717, 1.165) is 11.3 Å². The number of carbonyl (C=O) groups excluding carboxylic acids is 1. The highest BCUT2D eigenvalue weighted by molar-refractivity contribution is 8.18. The summed E-state index contributed by atoms with van der Waals surface area (Å²) in [7, 11) is 1.68. The zero-order chi connectivity index (χ0) is 15.7. The molecule has 0 atom stereocenters. The van der Waals surface area contributed by atoms with Gasteiger partial charge in [0.15, 0.2) is 5.17 Å². The number of likely N-dealkylation sites (N-methyl/N-ethyl adjacent to an activating group) is 1. The van der Waals surface area contributed by atoms with E-state index in [2.05, 4.69) is 9.98 Å². The van der Waals surface area contributed by atoms with Gasteiger partial charge in [-0.05, 0) is 54.6 Å². The molecule has 2 aromatic rings. The van der Waals surface area contributed by atoms with Crippen LogP contribution in [0, 0.1) is 6.92 Å². The second-order valence-corrected chi connectivity index (χ2v) is 6.00. The summed E-state index contributed by atoms with van der Waals surface area (Å²) in [5.74, 6) is 0.000646. The molecule has 1 aromatic carbocycles. The van der Waals surface area contributed by atoms with Crippen LogP contribution in [0.5, 0.6) is 5.75 Å². The van der Waals surface area contributed by atoms with Crippen molar-refractivity contribution in [3.8, 4) is 5.75 Å². The first-order valence-corrected chi connectivity index (χ1v) is 7.55. The van der Waals surface area contributed by atoms with Crippen LogP contribution in [-0.4, -0.2) is 33.1 Å². The minimum Gasteiger partial charge on any atom is -0.506 e. The third-order valence-electron chi connectivity index (χ3n) is 3.26. The summed E-state index contributed by atoms with van der Waals surface area (Å²) in [5, 5.41) is 10.5. The molecular formula is C16H15N3O2S. The van der Waals surface area contributed by atoms with Gasteiger partial charge in [0.2, 0.25) is 0 Å². The van der Waals surface area contributed by atoms with Gasteiger partial charge in [-0.3, -0.25) is 9.69 Å². The molecule has 3 rings (SSSR count). The summed E-state index contributed by atoms with van der Waals surface area (Å²) < 4.78 is 0. The van der Waals surface area contributed by atoms with Crippen LogP contribution in [-0.2, 0) is 4.79 Å². The minimum absolute atomic E-state index is 0.107. The number of phenolic OH excluding ortho intramolecular Hbond substituents is 1. The number of amidine groups is 1. The number of hydrogen-bond acceptors (Lipinski definition) is 4. The van der Waals surface area contributed by atoms with Crippen LogP contribution in [0.3, 0.4) is 0 Å². The number of phenols is 1. The number of carbonyl (C=O) groups is 1. The Hall–Kier alpha value is -2.47. The van der Waals surface area contributed by atoms with E-state index in [-0.39, 0.29) is 11.7 Å². The fourth-order valence-corrected chi connectivity index (χ4v) is 3.03. The number of nitrogens with one attached hydrogen (secondary N) is 1. The van der Waals surface area contributed by atoms with Gasteiger partial charge in [0, 0.05) is 18.9 Å². The second kappa shape index (κ2) is 5.73. The Morgan fingerprint density at radius 2 is 2.18 bits per heavy atom. The number of amides is 1. The monoisotopic (exact) mass is 313 g/mol. The summed E-state index contributed by atoms with van der Waals surface area (Å²) in [6.07, 6.45) is 3.60. The predicted octanol–water partition coefficient (Wildman–Crippen LogP) is 3.26. The largest absolute Gasteiger partial charge is 0.506 e. The highest BCUT2D eigenvalue weighted by Crippen LogP contribution is 2.35. The highest BCUT2D eigenvalue weighted by Gasteiger charge is 2.30. The van der Waals surface area contributed by atoms with Crippen molar-refractivity contribution in [3.05, 3.63) is 52.7 Å². The average Bonchev–Trinajstić information content (AvgIpc) is 3.07. The molecule has 1 aromatic heterocycles. The van der Waals surface area contributed by atoms with Gasteiger partial charge in [0.1, 0.15) is 11.4 Å². The molecule has 2 N–H and O–H groups in total. The number of rotatable bonds is 2. The van der Waals surface area contributed by atoms with Gasteiger partial charge in [-0.1, -0.05) is 6.07 Å². The molecule has 0 unspecified atom stereocenters. The minimum atomic E-state index is -0.107. The number of nitrogens with zero attached hydrogens (tertiary/aromatic N) is 2. The predicted molar refractivity (Wildman–Crippen MR) is 89.1 cm³/mol. The molecule has 1 fully saturated rings. The molecule has 0 aliphatic carbocycles. The number of aryl methyl sites for hydroxylation is 1. The highest BCUT2D eigenvalue weighted by atomic mass is 32.2. The molecule has 5 nitrogen and oxygen atoms in total. The number of aromatic nitrogens is 1. The lowest BCUT2D eigenvalue weighted by Gasteiger charge is -2.08. The summed E-state index contributed by atoms with van der Waals surface area (Å²) in [5.41, 5.74) is 2.27. The summed E-state index contributed by atoms with van der Waals surface area (Å²) in [6.45, 7) is 1.90. The molecule has 0 radical (unpaired) electrons. The lowest BCUT2D eigenvalue weighted by Crippen LogP contribution is -2.23. The van der Waals surface area contributed by atoms with Gasteiger partial charge < -0.3 is 10.1 Å². The quantitative estimate of drug-likeness (QED) is 0.836. The van der Waals surface area contributed by atoms with Crippen molar-refractivity contribution < 1.29 is 9.90 Å². The Labute approximate surface area is 132 Å². The number of hydrogen-bond donors (Lipinski definition) is 2. The third kappa shape index (κ3) is 2.78. The number of benzene rings is 1. The topological polar surface area (TPSA) is 68.7 Å². The van der Waals surface area contributed by atoms with Crippen LogP contribution < -0.4 is 0 Å². The SMILES string of the molecule is Cc1ccc(N=C2S/C(=C\c3ccc[nH]3)C(=O)N2C)c(O)c1. The molecular weight excluding hydrogens is 298 g/mol. The lowest BCUT2D eigenvalue weighted by molar-refractivity contribution is -0.121. The third-order valence-corrected chi connectivity index (χ3v) is 4.32. The van der Waals surface area contributed by atoms with Crippen LogP contribution in [0.15, 0.2) is 46.4 Å². The Balaban J connectivity index is 1.92. The zero-order valence-electron chi connectivity index (χ0n) is 12.2. The lowest BCUT2D eigenvalue weighted by atomic mass is 10.2. The normalized spacial score (nSPS) is 18.6. The second-order valence-electron chi connectivity index (χ2n) is 4.99. The molecule has 112 valence electrons. The van der Waals surface area contributed by atoms with E-state index < -0.39 is 0 Å². The molecule has 1 saturated heterocycles. The average molecular weight is 313 g/mol. The van der Waals surface area contributed by atoms with Crippen molar-refractivity contribution in [2.45, 2.75) is 6.92 Å². The maximum atomic E-state index is 12.3. The van der Waals surface area contributed by atoms with E-state index in [1.54, 1.807) is 31.5 Å². The number of H-pyrrole nitrogens is 1. The van der Waals surface area contributed by atoms with Crippen LogP contribution in [0.4, 0.5) is 5.69 Å². The molecule has 0 spiro atoms. The van der Waals surface area contributed by atoms with E-state index in [1.807, 2.05) is 25.1 Å². The molecule has 0 saturated carbocycles. The van der Waals surface area contributed by atoms with Crippen LogP contribution in [0.1, 0.15) is 11.3 Å². The molecule has 1 amide bonds. The zero-order valence-corrected chi connectivity index (χ0v) is 13.0. The van der Waals surface area contributed by atoms with E-state index >= 15 is 0 Å². The Morgan fingerprint density at radius 3 is 2.86 bits per heavy atom. The Bertz CT molecular complexity index is 779. The molecule has 1 aliphatic heterocycles. The number of aromatic amines is 1. The first-order valence-electron chi connectivity index (χ1n) is 6.74. The van der Waals surface area contributed by atoms with E-state index in [1.165, 1.54) is 16.7 Å². The Morgan fingerprint density at radius 1 is 1.36 bits per heavy atom. The van der Waals surface area contributed by atoms with Crippen LogP contribution >= 0.6 is 11.8 Å². The number of aromatic hydroxyl groups is 1. The first kappa shape index (κ1) is 14.5. The standard InChI is InChI=1S/C16H15N3O2S/c1-10-5-6-12(13(20)8-10)18-16-19(2)15(21)14(22-16)9-11-4-3-7-17-11/h3-9,17,20H,1-2H3/b14-9-,18-16?. The molecule has 0 bridgehead atoms. The number of aliphatic imine (C=N–C) groups is 1. The van der Waals surface area contributed by atoms with Crippen molar-refractivity contribution in [2.75, 3.05) is 7.05 Å². The van der Waals surface area contributed by atoms with E-state index in [0.29, 0.717) is 15.8 Å². The van der Waals surface area contributed by atoms with Crippen molar-refractivity contribution in [1.82, 2.24) is 9.88 Å². The van der Waals surface area contributed by atoms with Crippen LogP contribution in [0.2, 0.25) is 0 Å².